The minimum absolute atomic E-state index is 0.0386. The Morgan fingerprint density at radius 2 is 1.68 bits per heavy atom. The van der Waals surface area contributed by atoms with Gasteiger partial charge in [-0.25, -0.2) is 13.2 Å². The zero-order valence-corrected chi connectivity index (χ0v) is 20.9. The van der Waals surface area contributed by atoms with E-state index in [-0.39, 0.29) is 22.1 Å². The molecule has 184 valence electrons. The van der Waals surface area contributed by atoms with E-state index in [1.807, 2.05) is 51.1 Å². The Bertz CT molecular complexity index is 1120. The summed E-state index contributed by atoms with van der Waals surface area (Å²) in [6.45, 7) is 6.51. The second-order valence-electron chi connectivity index (χ2n) is 9.19. The summed E-state index contributed by atoms with van der Waals surface area (Å²) in [5.74, 6) is -0.966. The highest BCUT2D eigenvalue weighted by atomic mass is 32.2. The lowest BCUT2D eigenvalue weighted by molar-refractivity contribution is -0.140. The van der Waals surface area contributed by atoms with E-state index in [1.54, 1.807) is 4.90 Å². The first kappa shape index (κ1) is 25.7. The van der Waals surface area contributed by atoms with Crippen LogP contribution in [0.1, 0.15) is 49.5 Å². The number of hydrogen-bond donors (Lipinski definition) is 0. The van der Waals surface area contributed by atoms with Crippen molar-refractivity contribution in [2.75, 3.05) is 26.8 Å². The maximum atomic E-state index is 13.1. The molecule has 0 unspecified atom stereocenters. The van der Waals surface area contributed by atoms with Crippen molar-refractivity contribution >= 4 is 21.9 Å². The van der Waals surface area contributed by atoms with Gasteiger partial charge >= 0.3 is 5.97 Å². The van der Waals surface area contributed by atoms with Gasteiger partial charge in [-0.1, -0.05) is 30.3 Å². The van der Waals surface area contributed by atoms with Crippen LogP contribution in [0.3, 0.4) is 0 Å². The molecule has 1 aliphatic rings. The summed E-state index contributed by atoms with van der Waals surface area (Å²) >= 11 is 0. The predicted molar refractivity (Wildman–Crippen MR) is 128 cm³/mol. The minimum atomic E-state index is -3.81. The van der Waals surface area contributed by atoms with E-state index in [2.05, 4.69) is 0 Å². The lowest BCUT2D eigenvalue weighted by atomic mass is 10.0. The van der Waals surface area contributed by atoms with Gasteiger partial charge in [0.1, 0.15) is 10.6 Å². The third-order valence-corrected chi connectivity index (χ3v) is 7.62. The van der Waals surface area contributed by atoms with E-state index in [9.17, 15) is 18.0 Å². The molecule has 1 amide bonds. The second-order valence-corrected chi connectivity index (χ2v) is 11.1. The Morgan fingerprint density at radius 3 is 2.26 bits per heavy atom. The van der Waals surface area contributed by atoms with Crippen molar-refractivity contribution in [2.45, 2.75) is 50.6 Å². The van der Waals surface area contributed by atoms with Gasteiger partial charge in [0.05, 0.1) is 12.7 Å². The van der Waals surface area contributed by atoms with E-state index in [0.717, 1.165) is 18.4 Å². The van der Waals surface area contributed by atoms with Crippen molar-refractivity contribution in [3.05, 3.63) is 59.7 Å². The maximum Gasteiger partial charge on any atom is 0.338 e. The summed E-state index contributed by atoms with van der Waals surface area (Å²) in [6.07, 6.45) is 1.58. The molecule has 9 heteroatoms. The minimum Gasteiger partial charge on any atom is -0.495 e. The van der Waals surface area contributed by atoms with Crippen LogP contribution in [0, 0.1) is 0 Å². The number of sulfonamides is 1. The van der Waals surface area contributed by atoms with Crippen LogP contribution in [0.15, 0.2) is 53.4 Å². The molecule has 0 radical (unpaired) electrons. The molecule has 2 aromatic carbocycles. The molecule has 1 heterocycles. The molecule has 8 nitrogen and oxygen atoms in total. The number of hydrogen-bond acceptors (Lipinski definition) is 6. The number of carbonyl (C=O) groups excluding carboxylic acids is 2. The summed E-state index contributed by atoms with van der Waals surface area (Å²) in [5, 5.41) is 0. The van der Waals surface area contributed by atoms with Gasteiger partial charge in [0.25, 0.3) is 5.91 Å². The van der Waals surface area contributed by atoms with E-state index < -0.39 is 28.1 Å². The van der Waals surface area contributed by atoms with Gasteiger partial charge in [-0.2, -0.15) is 4.31 Å². The van der Waals surface area contributed by atoms with Crippen LogP contribution in [0.2, 0.25) is 0 Å². The molecule has 0 aliphatic carbocycles. The summed E-state index contributed by atoms with van der Waals surface area (Å²) in [4.78, 5) is 27.3. The number of amides is 1. The Morgan fingerprint density at radius 1 is 1.03 bits per heavy atom. The van der Waals surface area contributed by atoms with Crippen molar-refractivity contribution in [3.63, 3.8) is 0 Å². The molecule has 0 spiro atoms. The third kappa shape index (κ3) is 5.95. The topological polar surface area (TPSA) is 93.2 Å². The highest BCUT2D eigenvalue weighted by Crippen LogP contribution is 2.30. The van der Waals surface area contributed by atoms with Crippen LogP contribution in [0.5, 0.6) is 5.75 Å². The van der Waals surface area contributed by atoms with Crippen molar-refractivity contribution in [1.82, 2.24) is 9.21 Å². The molecule has 34 heavy (non-hydrogen) atoms. The SMILES string of the molecule is COc1ccc(C(=O)OCC(=O)N(Cc2ccccc2)C(C)(C)C)cc1S(=O)(=O)N1CCCC1. The van der Waals surface area contributed by atoms with Crippen LogP contribution in [-0.2, 0) is 26.1 Å². The van der Waals surface area contributed by atoms with Gasteiger partial charge in [0, 0.05) is 25.2 Å². The van der Waals surface area contributed by atoms with E-state index in [4.69, 9.17) is 9.47 Å². The van der Waals surface area contributed by atoms with Gasteiger partial charge in [-0.3, -0.25) is 4.79 Å². The largest absolute Gasteiger partial charge is 0.495 e. The highest BCUT2D eigenvalue weighted by molar-refractivity contribution is 7.89. The van der Waals surface area contributed by atoms with Crippen LogP contribution in [0.25, 0.3) is 0 Å². The first-order valence-corrected chi connectivity index (χ1v) is 12.7. The fraction of sp³-hybridized carbons (Fsp3) is 0.440. The number of esters is 1. The second kappa shape index (κ2) is 10.6. The highest BCUT2D eigenvalue weighted by Gasteiger charge is 2.31. The molecule has 0 saturated carbocycles. The quantitative estimate of drug-likeness (QED) is 0.529. The summed E-state index contributed by atoms with van der Waals surface area (Å²) in [6, 6.07) is 13.7. The Labute approximate surface area is 201 Å². The van der Waals surface area contributed by atoms with Gasteiger partial charge in [0.15, 0.2) is 6.61 Å². The molecule has 1 aliphatic heterocycles. The van der Waals surface area contributed by atoms with Crippen LogP contribution < -0.4 is 4.74 Å². The Kier molecular flexibility index (Phi) is 7.99. The average molecular weight is 489 g/mol. The number of rotatable bonds is 8. The molecule has 0 N–H and O–H groups in total. The number of nitrogens with zero attached hydrogens (tertiary/aromatic N) is 2. The average Bonchev–Trinajstić information content (AvgIpc) is 3.36. The summed E-state index contributed by atoms with van der Waals surface area (Å²) < 4.78 is 38.0. The fourth-order valence-corrected chi connectivity index (χ4v) is 5.53. The fourth-order valence-electron chi connectivity index (χ4n) is 3.83. The smallest absolute Gasteiger partial charge is 0.338 e. The van der Waals surface area contributed by atoms with Gasteiger partial charge in [0.2, 0.25) is 10.0 Å². The molecular formula is C25H32N2O6S. The van der Waals surface area contributed by atoms with Crippen molar-refractivity contribution in [1.29, 1.82) is 0 Å². The van der Waals surface area contributed by atoms with Crippen molar-refractivity contribution < 1.29 is 27.5 Å². The zero-order chi connectivity index (χ0) is 24.9. The molecule has 1 fully saturated rings. The standard InChI is InChI=1S/C25H32N2O6S/c1-25(2,3)27(17-19-10-6-5-7-11-19)23(28)18-33-24(29)20-12-13-21(32-4)22(16-20)34(30,31)26-14-8-9-15-26/h5-7,10-13,16H,8-9,14-15,17-18H2,1-4H3. The van der Waals surface area contributed by atoms with E-state index in [0.29, 0.717) is 19.6 Å². The normalized spacial score (nSPS) is 14.6. The van der Waals surface area contributed by atoms with Gasteiger partial charge in [-0.15, -0.1) is 0 Å². The van der Waals surface area contributed by atoms with Crippen LogP contribution >= 0.6 is 0 Å². The maximum absolute atomic E-state index is 13.1. The van der Waals surface area contributed by atoms with Crippen LogP contribution in [0.4, 0.5) is 0 Å². The van der Waals surface area contributed by atoms with Gasteiger partial charge < -0.3 is 14.4 Å². The number of carbonyl (C=O) groups is 2. The molecule has 3 rings (SSSR count). The van der Waals surface area contributed by atoms with E-state index in [1.165, 1.54) is 29.6 Å². The first-order chi connectivity index (χ1) is 16.0. The molecule has 0 atom stereocenters. The molecule has 2 aromatic rings. The van der Waals surface area contributed by atoms with Gasteiger partial charge in [-0.05, 0) is 57.4 Å². The van der Waals surface area contributed by atoms with E-state index >= 15 is 0 Å². The third-order valence-electron chi connectivity index (χ3n) is 5.70. The lowest BCUT2D eigenvalue weighted by Gasteiger charge is -2.35. The number of methoxy groups -OCH3 is 1. The predicted octanol–water partition coefficient (Wildman–Crippen LogP) is 3.46. The zero-order valence-electron chi connectivity index (χ0n) is 20.1. The van der Waals surface area contributed by atoms with Crippen LogP contribution in [-0.4, -0.2) is 61.8 Å². The molecule has 0 aromatic heterocycles. The first-order valence-electron chi connectivity index (χ1n) is 11.2. The molecule has 1 saturated heterocycles. The number of benzene rings is 2. The molecular weight excluding hydrogens is 456 g/mol. The monoisotopic (exact) mass is 488 g/mol. The molecule has 0 bridgehead atoms. The van der Waals surface area contributed by atoms with Crippen molar-refractivity contribution in [3.8, 4) is 5.75 Å². The number of ether oxygens (including phenoxy) is 2. The Balaban J connectivity index is 1.75. The summed E-state index contributed by atoms with van der Waals surface area (Å²) in [7, 11) is -2.43. The summed E-state index contributed by atoms with van der Waals surface area (Å²) in [5.41, 5.74) is 0.511. The lowest BCUT2D eigenvalue weighted by Crippen LogP contribution is -2.46. The Hall–Kier alpha value is -2.91. The van der Waals surface area contributed by atoms with Crippen molar-refractivity contribution in [2.24, 2.45) is 0 Å².